The van der Waals surface area contributed by atoms with Crippen molar-refractivity contribution in [1.82, 2.24) is 24.5 Å². The molecule has 0 aliphatic carbocycles. The lowest BCUT2D eigenvalue weighted by Crippen LogP contribution is -2.50. The molecule has 1 fully saturated rings. The fraction of sp³-hybridized carbons (Fsp3) is 0.385. The third-order valence-electron chi connectivity index (χ3n) is 6.11. The minimum absolute atomic E-state index is 0.208. The Labute approximate surface area is 191 Å². The van der Waals surface area contributed by atoms with Gasteiger partial charge in [0.05, 0.1) is 19.3 Å². The van der Waals surface area contributed by atoms with Crippen molar-refractivity contribution in [1.29, 1.82) is 0 Å². The molecule has 0 spiro atoms. The Morgan fingerprint density at radius 2 is 1.66 bits per heavy atom. The van der Waals surface area contributed by atoms with E-state index in [4.69, 9.17) is 0 Å². The van der Waals surface area contributed by atoms with Gasteiger partial charge in [0.15, 0.2) is 0 Å². The topological polar surface area (TPSA) is 44.6 Å². The lowest BCUT2D eigenvalue weighted by Gasteiger charge is -2.35. The van der Waals surface area contributed by atoms with Gasteiger partial charge in [0.1, 0.15) is 0 Å². The van der Waals surface area contributed by atoms with Gasteiger partial charge in [0, 0.05) is 51.0 Å². The van der Waals surface area contributed by atoms with Crippen LogP contribution in [0.2, 0.25) is 0 Å². The van der Waals surface area contributed by atoms with Crippen molar-refractivity contribution in [2.75, 3.05) is 39.8 Å². The van der Waals surface area contributed by atoms with Gasteiger partial charge < -0.3 is 4.90 Å². The molecular weight excluding hydrogens is 398 g/mol. The number of carbonyl (C=O) groups excluding carboxylic acids is 1. The second-order valence-electron chi connectivity index (χ2n) is 8.79. The van der Waals surface area contributed by atoms with Crippen molar-refractivity contribution in [2.24, 2.45) is 0 Å². The van der Waals surface area contributed by atoms with Crippen LogP contribution in [0.4, 0.5) is 0 Å². The first-order valence-corrected chi connectivity index (χ1v) is 11.4. The molecule has 0 radical (unpaired) electrons. The number of piperazine rings is 1. The van der Waals surface area contributed by atoms with Gasteiger partial charge >= 0.3 is 0 Å². The molecule has 1 aromatic heterocycles. The molecular formula is C26H33N5O. The van der Waals surface area contributed by atoms with E-state index < -0.39 is 0 Å². The molecule has 0 atom stereocenters. The van der Waals surface area contributed by atoms with Crippen LogP contribution in [-0.4, -0.2) is 70.2 Å². The average molecular weight is 432 g/mol. The first kappa shape index (κ1) is 22.2. The smallest absolute Gasteiger partial charge is 0.236 e. The van der Waals surface area contributed by atoms with Crippen molar-refractivity contribution >= 4 is 5.91 Å². The summed E-state index contributed by atoms with van der Waals surface area (Å²) in [6.07, 6.45) is 3.96. The van der Waals surface area contributed by atoms with Crippen LogP contribution in [0.1, 0.15) is 22.3 Å². The number of nitrogens with zero attached hydrogens (tertiary/aromatic N) is 5. The van der Waals surface area contributed by atoms with Crippen molar-refractivity contribution in [3.8, 4) is 0 Å². The van der Waals surface area contributed by atoms with Crippen LogP contribution in [0, 0.1) is 6.92 Å². The molecule has 0 N–H and O–H groups in total. The van der Waals surface area contributed by atoms with Gasteiger partial charge in [-0.05, 0) is 30.7 Å². The lowest BCUT2D eigenvalue weighted by atomic mass is 10.1. The van der Waals surface area contributed by atoms with Gasteiger partial charge in [-0.25, -0.2) is 0 Å². The predicted octanol–water partition coefficient (Wildman–Crippen LogP) is 3.02. The normalized spacial score (nSPS) is 14.8. The van der Waals surface area contributed by atoms with E-state index >= 15 is 0 Å². The minimum Gasteiger partial charge on any atom is -0.339 e. The van der Waals surface area contributed by atoms with Gasteiger partial charge in [0.25, 0.3) is 0 Å². The largest absolute Gasteiger partial charge is 0.339 e. The van der Waals surface area contributed by atoms with Crippen molar-refractivity contribution < 1.29 is 4.79 Å². The molecule has 2 heterocycles. The quantitative estimate of drug-likeness (QED) is 0.550. The number of hydrogen-bond donors (Lipinski definition) is 0. The Bertz CT molecular complexity index is 1010. The summed E-state index contributed by atoms with van der Waals surface area (Å²) in [4.78, 5) is 19.3. The van der Waals surface area contributed by atoms with Crippen molar-refractivity contribution in [3.63, 3.8) is 0 Å². The summed E-state index contributed by atoms with van der Waals surface area (Å²) in [6.45, 7) is 8.48. The van der Waals surface area contributed by atoms with Crippen LogP contribution in [0.15, 0.2) is 67.0 Å². The van der Waals surface area contributed by atoms with E-state index in [1.807, 2.05) is 41.0 Å². The Morgan fingerprint density at radius 1 is 0.938 bits per heavy atom. The van der Waals surface area contributed by atoms with Crippen LogP contribution in [-0.2, 0) is 24.4 Å². The number of amides is 1. The van der Waals surface area contributed by atoms with E-state index in [0.717, 1.165) is 44.8 Å². The average Bonchev–Trinajstić information content (AvgIpc) is 3.23. The zero-order valence-corrected chi connectivity index (χ0v) is 19.2. The van der Waals surface area contributed by atoms with Crippen molar-refractivity contribution in [3.05, 3.63) is 89.2 Å². The van der Waals surface area contributed by atoms with E-state index in [2.05, 4.69) is 64.4 Å². The molecule has 168 valence electrons. The first-order valence-electron chi connectivity index (χ1n) is 11.4. The zero-order valence-electron chi connectivity index (χ0n) is 19.2. The van der Waals surface area contributed by atoms with Crippen molar-refractivity contribution in [2.45, 2.75) is 26.6 Å². The van der Waals surface area contributed by atoms with Crippen LogP contribution in [0.5, 0.6) is 0 Å². The molecule has 32 heavy (non-hydrogen) atoms. The van der Waals surface area contributed by atoms with Gasteiger partial charge in [-0.3, -0.25) is 19.3 Å². The predicted molar refractivity (Wildman–Crippen MR) is 127 cm³/mol. The van der Waals surface area contributed by atoms with Crippen LogP contribution >= 0.6 is 0 Å². The summed E-state index contributed by atoms with van der Waals surface area (Å²) < 4.78 is 1.95. The molecule has 0 bridgehead atoms. The number of aromatic nitrogens is 2. The summed E-state index contributed by atoms with van der Waals surface area (Å²) in [7, 11) is 2.00. The Morgan fingerprint density at radius 3 is 2.41 bits per heavy atom. The van der Waals surface area contributed by atoms with Gasteiger partial charge in [-0.1, -0.05) is 54.6 Å². The maximum Gasteiger partial charge on any atom is 0.236 e. The molecule has 2 aromatic carbocycles. The van der Waals surface area contributed by atoms with Gasteiger partial charge in [-0.15, -0.1) is 0 Å². The SMILES string of the molecule is Cc1ccccc1CN1CCN(C(=O)CN(C)Cc2cnn(Cc3ccccc3)c2)CC1. The maximum atomic E-state index is 12.8. The highest BCUT2D eigenvalue weighted by molar-refractivity contribution is 5.78. The summed E-state index contributed by atoms with van der Waals surface area (Å²) >= 11 is 0. The lowest BCUT2D eigenvalue weighted by molar-refractivity contribution is -0.134. The van der Waals surface area contributed by atoms with Gasteiger partial charge in [-0.2, -0.15) is 5.10 Å². The highest BCUT2D eigenvalue weighted by Crippen LogP contribution is 2.13. The molecule has 1 aliphatic heterocycles. The molecule has 0 unspecified atom stereocenters. The molecule has 6 heteroatoms. The molecule has 4 rings (SSSR count). The standard InChI is InChI=1S/C26H33N5O/c1-22-8-6-7-11-25(22)20-29-12-14-30(15-13-29)26(32)21-28(2)17-24-16-27-31(19-24)18-23-9-4-3-5-10-23/h3-11,16,19H,12-15,17-18,20-21H2,1-2H3. The number of benzene rings is 2. The minimum atomic E-state index is 0.208. The fourth-order valence-electron chi connectivity index (χ4n) is 4.23. The summed E-state index contributed by atoms with van der Waals surface area (Å²) in [5.74, 6) is 0.208. The molecule has 0 saturated carbocycles. The van der Waals surface area contributed by atoms with E-state index in [1.165, 1.54) is 16.7 Å². The second-order valence-corrected chi connectivity index (χ2v) is 8.79. The number of hydrogen-bond acceptors (Lipinski definition) is 4. The van der Waals surface area contributed by atoms with E-state index in [-0.39, 0.29) is 5.91 Å². The fourth-order valence-corrected chi connectivity index (χ4v) is 4.23. The first-order chi connectivity index (χ1) is 15.6. The van der Waals surface area contributed by atoms with E-state index in [0.29, 0.717) is 13.1 Å². The number of carbonyl (C=O) groups is 1. The molecule has 1 amide bonds. The molecule has 3 aromatic rings. The number of rotatable bonds is 8. The van der Waals surface area contributed by atoms with Crippen LogP contribution < -0.4 is 0 Å². The summed E-state index contributed by atoms with van der Waals surface area (Å²) in [5.41, 5.74) is 5.06. The monoisotopic (exact) mass is 431 g/mol. The third-order valence-corrected chi connectivity index (χ3v) is 6.11. The Kier molecular flexibility index (Phi) is 7.35. The molecule has 6 nitrogen and oxygen atoms in total. The Hall–Kier alpha value is -2.96. The number of likely N-dealkylation sites (N-methyl/N-ethyl adjacent to an activating group) is 1. The number of aryl methyl sites for hydroxylation is 1. The van der Waals surface area contributed by atoms with Gasteiger partial charge in [0.2, 0.25) is 5.91 Å². The highest BCUT2D eigenvalue weighted by atomic mass is 16.2. The Balaban J connectivity index is 1.21. The molecule has 1 aliphatic rings. The van der Waals surface area contributed by atoms with Crippen LogP contribution in [0.3, 0.4) is 0 Å². The zero-order chi connectivity index (χ0) is 22.3. The van der Waals surface area contributed by atoms with Crippen LogP contribution in [0.25, 0.3) is 0 Å². The molecule has 1 saturated heterocycles. The highest BCUT2D eigenvalue weighted by Gasteiger charge is 2.22. The summed E-state index contributed by atoms with van der Waals surface area (Å²) in [5, 5.41) is 4.47. The second kappa shape index (κ2) is 10.6. The third kappa shape index (κ3) is 6.05. The van der Waals surface area contributed by atoms with E-state index in [9.17, 15) is 4.79 Å². The summed E-state index contributed by atoms with van der Waals surface area (Å²) in [6, 6.07) is 18.9. The van der Waals surface area contributed by atoms with E-state index in [1.54, 1.807) is 0 Å². The maximum absolute atomic E-state index is 12.8.